The molecule has 5 rings (SSSR count). The smallest absolute Gasteiger partial charge is 0.261 e. The summed E-state index contributed by atoms with van der Waals surface area (Å²) in [5.74, 6) is 0.622. The van der Waals surface area contributed by atoms with Gasteiger partial charge < -0.3 is 9.80 Å². The number of nitrogens with zero attached hydrogens (tertiary/aromatic N) is 5. The number of likely N-dealkylation sites (tertiary alicyclic amines) is 2. The lowest BCUT2D eigenvalue weighted by molar-refractivity contribution is -0.138. The van der Waals surface area contributed by atoms with Crippen LogP contribution in [0.15, 0.2) is 48.4 Å². The van der Waals surface area contributed by atoms with Crippen LogP contribution in [0.3, 0.4) is 0 Å². The van der Waals surface area contributed by atoms with Crippen LogP contribution in [0, 0.1) is 25.2 Å². The van der Waals surface area contributed by atoms with Crippen molar-refractivity contribution in [3.63, 3.8) is 0 Å². The van der Waals surface area contributed by atoms with Gasteiger partial charge in [-0.1, -0.05) is 51.1 Å². The second-order valence-corrected chi connectivity index (χ2v) is 12.1. The van der Waals surface area contributed by atoms with Gasteiger partial charge in [0.15, 0.2) is 0 Å². The van der Waals surface area contributed by atoms with Gasteiger partial charge in [-0.2, -0.15) is 0 Å². The maximum absolute atomic E-state index is 13.2. The van der Waals surface area contributed by atoms with Crippen molar-refractivity contribution in [2.45, 2.75) is 52.9 Å². The fourth-order valence-corrected chi connectivity index (χ4v) is 6.32. The average molecular weight is 502 g/mol. The summed E-state index contributed by atoms with van der Waals surface area (Å²) in [4.78, 5) is 41.2. The predicted molar refractivity (Wildman–Crippen MR) is 144 cm³/mol. The Kier molecular flexibility index (Phi) is 6.69. The number of hydrogen-bond donors (Lipinski definition) is 0. The molecule has 2 aromatic rings. The van der Waals surface area contributed by atoms with Gasteiger partial charge in [0.1, 0.15) is 6.33 Å². The molecule has 2 fully saturated rings. The van der Waals surface area contributed by atoms with Crippen LogP contribution in [0.4, 0.5) is 0 Å². The third kappa shape index (κ3) is 4.93. The lowest BCUT2D eigenvalue weighted by Crippen LogP contribution is -2.41. The number of hydrogen-bond acceptors (Lipinski definition) is 5. The van der Waals surface area contributed by atoms with Crippen molar-refractivity contribution in [3.05, 3.63) is 70.9 Å². The van der Waals surface area contributed by atoms with E-state index in [-0.39, 0.29) is 22.6 Å². The lowest BCUT2D eigenvalue weighted by atomic mass is 9.76. The zero-order chi connectivity index (χ0) is 26.4. The standard InChI is InChI=1S/C30H39N5O2/c1-21-26(22(2)32-20-31-21)27(36)35-17-23-15-33(16-24(23)18-35)13-11-30(25-9-7-6-8-10-25)12-14-34(19-30)28(37)29(3,4)5/h6-10,17,20,24H,11-16,18-19H2,1-5H3. The van der Waals surface area contributed by atoms with E-state index in [1.165, 1.54) is 17.5 Å². The summed E-state index contributed by atoms with van der Waals surface area (Å²) >= 11 is 0. The van der Waals surface area contributed by atoms with E-state index in [0.717, 1.165) is 63.5 Å². The molecule has 2 saturated heterocycles. The van der Waals surface area contributed by atoms with Crippen molar-refractivity contribution in [2.24, 2.45) is 11.3 Å². The third-order valence-corrected chi connectivity index (χ3v) is 8.42. The first kappa shape index (κ1) is 25.6. The van der Waals surface area contributed by atoms with Crippen molar-refractivity contribution in [2.75, 3.05) is 39.3 Å². The van der Waals surface area contributed by atoms with Gasteiger partial charge in [0, 0.05) is 55.7 Å². The Balaban J connectivity index is 1.26. The van der Waals surface area contributed by atoms with Gasteiger partial charge in [-0.15, -0.1) is 0 Å². The van der Waals surface area contributed by atoms with Crippen molar-refractivity contribution in [1.29, 1.82) is 0 Å². The Hall–Kier alpha value is -3.06. The van der Waals surface area contributed by atoms with Crippen molar-refractivity contribution >= 4 is 11.8 Å². The van der Waals surface area contributed by atoms with Gasteiger partial charge in [0.25, 0.3) is 5.91 Å². The summed E-state index contributed by atoms with van der Waals surface area (Å²) in [5.41, 5.74) is 4.39. The summed E-state index contributed by atoms with van der Waals surface area (Å²) < 4.78 is 0. The van der Waals surface area contributed by atoms with Gasteiger partial charge in [-0.3, -0.25) is 14.5 Å². The van der Waals surface area contributed by atoms with Gasteiger partial charge >= 0.3 is 0 Å². The van der Waals surface area contributed by atoms with Crippen LogP contribution in [0.25, 0.3) is 0 Å². The normalized spacial score (nSPS) is 23.9. The number of aromatic nitrogens is 2. The summed E-state index contributed by atoms with van der Waals surface area (Å²) in [6.07, 6.45) is 5.60. The van der Waals surface area contributed by atoms with Crippen molar-refractivity contribution < 1.29 is 9.59 Å². The van der Waals surface area contributed by atoms with Gasteiger partial charge in [0.2, 0.25) is 5.91 Å². The molecule has 1 aromatic heterocycles. The van der Waals surface area contributed by atoms with E-state index in [0.29, 0.717) is 11.5 Å². The largest absolute Gasteiger partial charge is 0.341 e. The first-order chi connectivity index (χ1) is 17.6. The highest BCUT2D eigenvalue weighted by atomic mass is 16.2. The summed E-state index contributed by atoms with van der Waals surface area (Å²) in [5, 5.41) is 0. The van der Waals surface area contributed by atoms with Crippen LogP contribution in [-0.2, 0) is 10.2 Å². The first-order valence-corrected chi connectivity index (χ1v) is 13.4. The summed E-state index contributed by atoms with van der Waals surface area (Å²) in [6.45, 7) is 14.9. The molecule has 3 aliphatic heterocycles. The second kappa shape index (κ2) is 9.67. The van der Waals surface area contributed by atoms with E-state index in [4.69, 9.17) is 0 Å². The molecule has 0 radical (unpaired) electrons. The van der Waals surface area contributed by atoms with E-state index in [1.54, 1.807) is 0 Å². The minimum atomic E-state index is -0.363. The number of fused-ring (bicyclic) bond motifs is 1. The molecule has 0 spiro atoms. The number of aryl methyl sites for hydroxylation is 2. The van der Waals surface area contributed by atoms with Gasteiger partial charge in [-0.25, -0.2) is 9.97 Å². The Bertz CT molecular complexity index is 1200. The Morgan fingerprint density at radius 3 is 2.41 bits per heavy atom. The van der Waals surface area contributed by atoms with E-state index < -0.39 is 0 Å². The molecule has 0 aliphatic carbocycles. The fraction of sp³-hybridized carbons (Fsp3) is 0.533. The molecule has 2 atom stereocenters. The van der Waals surface area contributed by atoms with Crippen LogP contribution >= 0.6 is 0 Å². The maximum Gasteiger partial charge on any atom is 0.261 e. The number of benzene rings is 1. The Labute approximate surface area is 220 Å². The molecule has 4 heterocycles. The highest BCUT2D eigenvalue weighted by Gasteiger charge is 2.44. The zero-order valence-corrected chi connectivity index (χ0v) is 22.8. The van der Waals surface area contributed by atoms with E-state index in [9.17, 15) is 9.59 Å². The minimum Gasteiger partial charge on any atom is -0.341 e. The topological polar surface area (TPSA) is 69.6 Å². The molecule has 3 aliphatic rings. The molecule has 7 nitrogen and oxygen atoms in total. The van der Waals surface area contributed by atoms with Gasteiger partial charge in [0.05, 0.1) is 17.0 Å². The van der Waals surface area contributed by atoms with Crippen LogP contribution in [0.2, 0.25) is 0 Å². The van der Waals surface area contributed by atoms with E-state index in [1.807, 2.05) is 39.5 Å². The second-order valence-electron chi connectivity index (χ2n) is 12.1. The molecular weight excluding hydrogens is 462 g/mol. The molecule has 37 heavy (non-hydrogen) atoms. The van der Waals surface area contributed by atoms with Crippen LogP contribution in [0.1, 0.15) is 60.9 Å². The number of carbonyl (C=O) groups excluding carboxylic acids is 2. The van der Waals surface area contributed by atoms with Crippen LogP contribution < -0.4 is 0 Å². The van der Waals surface area contributed by atoms with Gasteiger partial charge in [-0.05, 0) is 44.4 Å². The Morgan fingerprint density at radius 2 is 1.76 bits per heavy atom. The summed E-state index contributed by atoms with van der Waals surface area (Å²) in [6, 6.07) is 10.8. The number of amides is 2. The maximum atomic E-state index is 13.2. The Morgan fingerprint density at radius 1 is 1.05 bits per heavy atom. The molecule has 0 N–H and O–H groups in total. The number of rotatable bonds is 5. The van der Waals surface area contributed by atoms with Crippen LogP contribution in [0.5, 0.6) is 0 Å². The first-order valence-electron chi connectivity index (χ1n) is 13.4. The monoisotopic (exact) mass is 501 g/mol. The molecule has 0 saturated carbocycles. The van der Waals surface area contributed by atoms with Crippen LogP contribution in [-0.4, -0.2) is 75.8 Å². The van der Waals surface area contributed by atoms with E-state index >= 15 is 0 Å². The molecule has 196 valence electrons. The van der Waals surface area contributed by atoms with Crippen molar-refractivity contribution in [3.8, 4) is 0 Å². The zero-order valence-electron chi connectivity index (χ0n) is 22.8. The molecule has 2 unspecified atom stereocenters. The highest BCUT2D eigenvalue weighted by Crippen LogP contribution is 2.40. The molecule has 7 heteroatoms. The lowest BCUT2D eigenvalue weighted by Gasteiger charge is -2.33. The van der Waals surface area contributed by atoms with Crippen molar-refractivity contribution in [1.82, 2.24) is 24.7 Å². The highest BCUT2D eigenvalue weighted by molar-refractivity contribution is 5.97. The SMILES string of the molecule is Cc1ncnc(C)c1C(=O)N1C=C2CN(CCC3(c4ccccc4)CCN(C(=O)C(C)(C)C)C3)CC2C1. The third-order valence-electron chi connectivity index (χ3n) is 8.42. The fourth-order valence-electron chi connectivity index (χ4n) is 6.32. The molecule has 2 amide bonds. The number of carbonyl (C=O) groups is 2. The van der Waals surface area contributed by atoms with E-state index in [2.05, 4.69) is 56.3 Å². The molecule has 1 aromatic carbocycles. The average Bonchev–Trinajstić information content (AvgIpc) is 3.56. The molecular formula is C30H39N5O2. The summed E-state index contributed by atoms with van der Waals surface area (Å²) in [7, 11) is 0. The quantitative estimate of drug-likeness (QED) is 0.620. The molecule has 0 bridgehead atoms. The minimum absolute atomic E-state index is 0.00152. The predicted octanol–water partition coefficient (Wildman–Crippen LogP) is 3.97.